The molecule has 1 heterocycles. The van der Waals surface area contributed by atoms with Crippen molar-refractivity contribution in [1.82, 2.24) is 10.2 Å². The first kappa shape index (κ1) is 13.9. The van der Waals surface area contributed by atoms with Crippen LogP contribution in [0.5, 0.6) is 0 Å². The standard InChI is InChI=1S/C14H17ClN2O2/c15-10-13(18)16-12-6-8-17(9-7-12)14(19)11-4-2-1-3-5-11/h1-5,12H,6-10H2,(H,16,18). The van der Waals surface area contributed by atoms with E-state index in [1.165, 1.54) is 0 Å². The van der Waals surface area contributed by atoms with Crippen LogP contribution in [0.4, 0.5) is 0 Å². The van der Waals surface area contributed by atoms with E-state index in [0.717, 1.165) is 12.8 Å². The minimum atomic E-state index is -0.144. The SMILES string of the molecule is O=C(CCl)NC1CCN(C(=O)c2ccccc2)CC1. The molecule has 1 aliphatic rings. The highest BCUT2D eigenvalue weighted by atomic mass is 35.5. The first-order valence-electron chi connectivity index (χ1n) is 6.40. The van der Waals surface area contributed by atoms with Crippen molar-refractivity contribution < 1.29 is 9.59 Å². The number of hydrogen-bond acceptors (Lipinski definition) is 2. The molecule has 4 nitrogen and oxygen atoms in total. The number of nitrogens with zero attached hydrogens (tertiary/aromatic N) is 1. The Balaban J connectivity index is 1.86. The Bertz CT molecular complexity index is 442. The van der Waals surface area contributed by atoms with Crippen molar-refractivity contribution in [3.05, 3.63) is 35.9 Å². The first-order chi connectivity index (χ1) is 9.20. The molecule has 19 heavy (non-hydrogen) atoms. The Labute approximate surface area is 117 Å². The molecule has 1 fully saturated rings. The van der Waals surface area contributed by atoms with Gasteiger partial charge >= 0.3 is 0 Å². The summed E-state index contributed by atoms with van der Waals surface area (Å²) in [6.07, 6.45) is 1.56. The number of alkyl halides is 1. The van der Waals surface area contributed by atoms with E-state index in [-0.39, 0.29) is 23.7 Å². The maximum atomic E-state index is 12.2. The molecular weight excluding hydrogens is 264 g/mol. The Morgan fingerprint density at radius 1 is 1.21 bits per heavy atom. The molecule has 0 radical (unpaired) electrons. The molecule has 0 spiro atoms. The van der Waals surface area contributed by atoms with E-state index >= 15 is 0 Å². The largest absolute Gasteiger partial charge is 0.352 e. The third-order valence-corrected chi connectivity index (χ3v) is 3.53. The highest BCUT2D eigenvalue weighted by Gasteiger charge is 2.24. The summed E-state index contributed by atoms with van der Waals surface area (Å²) in [5.41, 5.74) is 0.714. The second-order valence-corrected chi connectivity index (χ2v) is 4.90. The molecule has 0 unspecified atom stereocenters. The molecule has 2 amide bonds. The van der Waals surface area contributed by atoms with Gasteiger partial charge in [0.15, 0.2) is 0 Å². The fourth-order valence-electron chi connectivity index (χ4n) is 2.26. The van der Waals surface area contributed by atoms with Gasteiger partial charge in [-0.1, -0.05) is 18.2 Å². The summed E-state index contributed by atoms with van der Waals surface area (Å²) < 4.78 is 0. The van der Waals surface area contributed by atoms with E-state index < -0.39 is 0 Å². The van der Waals surface area contributed by atoms with Crippen LogP contribution >= 0.6 is 11.6 Å². The van der Waals surface area contributed by atoms with Gasteiger partial charge in [0.05, 0.1) is 0 Å². The second kappa shape index (κ2) is 6.57. The van der Waals surface area contributed by atoms with E-state index in [9.17, 15) is 9.59 Å². The molecule has 1 aromatic rings. The molecule has 102 valence electrons. The average Bonchev–Trinajstić information content (AvgIpc) is 2.48. The summed E-state index contributed by atoms with van der Waals surface area (Å²) in [4.78, 5) is 25.2. The van der Waals surface area contributed by atoms with Gasteiger partial charge in [0.1, 0.15) is 5.88 Å². The smallest absolute Gasteiger partial charge is 0.253 e. The minimum Gasteiger partial charge on any atom is -0.352 e. The summed E-state index contributed by atoms with van der Waals surface area (Å²) in [6.45, 7) is 1.34. The Morgan fingerprint density at radius 3 is 2.42 bits per heavy atom. The molecule has 0 aliphatic carbocycles. The number of hydrogen-bond donors (Lipinski definition) is 1. The monoisotopic (exact) mass is 280 g/mol. The van der Waals surface area contributed by atoms with Gasteiger partial charge in [-0.15, -0.1) is 11.6 Å². The van der Waals surface area contributed by atoms with Crippen LogP contribution in [0, 0.1) is 0 Å². The summed E-state index contributed by atoms with van der Waals surface area (Å²) in [7, 11) is 0. The topological polar surface area (TPSA) is 49.4 Å². The summed E-state index contributed by atoms with van der Waals surface area (Å²) >= 11 is 5.45. The predicted molar refractivity (Wildman–Crippen MR) is 74.2 cm³/mol. The number of benzene rings is 1. The quantitative estimate of drug-likeness (QED) is 0.856. The van der Waals surface area contributed by atoms with Crippen LogP contribution in [0.25, 0.3) is 0 Å². The molecular formula is C14H17ClN2O2. The minimum absolute atomic E-state index is 0.0108. The van der Waals surface area contributed by atoms with E-state index in [0.29, 0.717) is 18.7 Å². The van der Waals surface area contributed by atoms with Crippen molar-refractivity contribution in [3.63, 3.8) is 0 Å². The number of carbonyl (C=O) groups excluding carboxylic acids is 2. The second-order valence-electron chi connectivity index (χ2n) is 4.63. The zero-order valence-electron chi connectivity index (χ0n) is 10.6. The van der Waals surface area contributed by atoms with Gasteiger partial charge in [-0.05, 0) is 25.0 Å². The molecule has 0 saturated carbocycles. The highest BCUT2D eigenvalue weighted by Crippen LogP contribution is 2.14. The number of amides is 2. The van der Waals surface area contributed by atoms with Crippen LogP contribution in [0.2, 0.25) is 0 Å². The van der Waals surface area contributed by atoms with Crippen LogP contribution in [0.3, 0.4) is 0 Å². The molecule has 0 aromatic heterocycles. The van der Waals surface area contributed by atoms with Crippen LogP contribution in [-0.4, -0.2) is 41.7 Å². The summed E-state index contributed by atoms with van der Waals surface area (Å²) in [5.74, 6) is -0.0967. The maximum absolute atomic E-state index is 12.2. The lowest BCUT2D eigenvalue weighted by molar-refractivity contribution is -0.119. The van der Waals surface area contributed by atoms with E-state index in [1.807, 2.05) is 35.2 Å². The molecule has 1 aromatic carbocycles. The van der Waals surface area contributed by atoms with Crippen molar-refractivity contribution in [2.45, 2.75) is 18.9 Å². The van der Waals surface area contributed by atoms with Crippen molar-refractivity contribution in [1.29, 1.82) is 0 Å². The molecule has 1 saturated heterocycles. The van der Waals surface area contributed by atoms with Crippen LogP contribution < -0.4 is 5.32 Å². The lowest BCUT2D eigenvalue weighted by Crippen LogP contribution is -2.46. The lowest BCUT2D eigenvalue weighted by atomic mass is 10.0. The third-order valence-electron chi connectivity index (χ3n) is 3.29. The van der Waals surface area contributed by atoms with Crippen molar-refractivity contribution in [2.75, 3.05) is 19.0 Å². The highest BCUT2D eigenvalue weighted by molar-refractivity contribution is 6.27. The van der Waals surface area contributed by atoms with Gasteiger partial charge in [0.2, 0.25) is 5.91 Å². The lowest BCUT2D eigenvalue weighted by Gasteiger charge is -2.32. The van der Waals surface area contributed by atoms with E-state index in [2.05, 4.69) is 5.32 Å². The zero-order valence-corrected chi connectivity index (χ0v) is 11.4. The predicted octanol–water partition coefficient (Wildman–Crippen LogP) is 1.65. The molecule has 1 aliphatic heterocycles. The van der Waals surface area contributed by atoms with Crippen LogP contribution in [-0.2, 0) is 4.79 Å². The third kappa shape index (κ3) is 3.70. The number of halogens is 1. The Hall–Kier alpha value is -1.55. The number of nitrogens with one attached hydrogen (secondary N) is 1. The number of rotatable bonds is 3. The number of likely N-dealkylation sites (tertiary alicyclic amines) is 1. The summed E-state index contributed by atoms with van der Waals surface area (Å²) in [6, 6.07) is 9.39. The van der Waals surface area contributed by atoms with Crippen molar-refractivity contribution in [2.24, 2.45) is 0 Å². The van der Waals surface area contributed by atoms with Gasteiger partial charge in [-0.25, -0.2) is 0 Å². The summed E-state index contributed by atoms with van der Waals surface area (Å²) in [5, 5.41) is 2.86. The van der Waals surface area contributed by atoms with Gasteiger partial charge in [0, 0.05) is 24.7 Å². The van der Waals surface area contributed by atoms with Gasteiger partial charge in [-0.2, -0.15) is 0 Å². The van der Waals surface area contributed by atoms with Gasteiger partial charge in [-0.3, -0.25) is 9.59 Å². The normalized spacial score (nSPS) is 16.2. The van der Waals surface area contributed by atoms with Gasteiger partial charge < -0.3 is 10.2 Å². The van der Waals surface area contributed by atoms with E-state index in [4.69, 9.17) is 11.6 Å². The molecule has 0 bridgehead atoms. The number of carbonyl (C=O) groups is 2. The Kier molecular flexibility index (Phi) is 4.80. The first-order valence-corrected chi connectivity index (χ1v) is 6.94. The molecule has 5 heteroatoms. The maximum Gasteiger partial charge on any atom is 0.253 e. The fraction of sp³-hybridized carbons (Fsp3) is 0.429. The average molecular weight is 281 g/mol. The van der Waals surface area contributed by atoms with Gasteiger partial charge in [0.25, 0.3) is 5.91 Å². The fourth-order valence-corrected chi connectivity index (χ4v) is 2.33. The van der Waals surface area contributed by atoms with Crippen molar-refractivity contribution in [3.8, 4) is 0 Å². The van der Waals surface area contributed by atoms with Crippen LogP contribution in [0.15, 0.2) is 30.3 Å². The molecule has 2 rings (SSSR count). The van der Waals surface area contributed by atoms with Crippen molar-refractivity contribution >= 4 is 23.4 Å². The number of piperidine rings is 1. The van der Waals surface area contributed by atoms with E-state index in [1.54, 1.807) is 0 Å². The zero-order chi connectivity index (χ0) is 13.7. The molecule has 1 N–H and O–H groups in total. The molecule has 0 atom stereocenters. The van der Waals surface area contributed by atoms with Crippen LogP contribution in [0.1, 0.15) is 23.2 Å². The Morgan fingerprint density at radius 2 is 1.84 bits per heavy atom.